The fourth-order valence-corrected chi connectivity index (χ4v) is 2.37. The van der Waals surface area contributed by atoms with Gasteiger partial charge in [0, 0.05) is 15.1 Å². The van der Waals surface area contributed by atoms with Crippen LogP contribution in [0.25, 0.3) is 11.3 Å². The molecule has 0 saturated heterocycles. The highest BCUT2D eigenvalue weighted by molar-refractivity contribution is 9.10. The van der Waals surface area contributed by atoms with E-state index in [9.17, 15) is 4.79 Å². The van der Waals surface area contributed by atoms with E-state index in [1.165, 1.54) is 0 Å². The third-order valence-corrected chi connectivity index (χ3v) is 3.99. The van der Waals surface area contributed by atoms with E-state index in [1.807, 2.05) is 24.3 Å². The topological polar surface area (TPSA) is 70.1 Å². The number of benzene rings is 2. The molecule has 120 valence electrons. The van der Waals surface area contributed by atoms with Gasteiger partial charge in [0.15, 0.2) is 0 Å². The Hall–Kier alpha value is -2.44. The van der Waals surface area contributed by atoms with Gasteiger partial charge in [0.05, 0.1) is 11.9 Å². The highest BCUT2D eigenvalue weighted by Crippen LogP contribution is 2.20. The maximum atomic E-state index is 12.1. The molecule has 0 atom stereocenters. The Morgan fingerprint density at radius 2 is 1.88 bits per heavy atom. The van der Waals surface area contributed by atoms with Crippen molar-refractivity contribution in [2.45, 2.75) is 0 Å². The van der Waals surface area contributed by atoms with Gasteiger partial charge in [-0.3, -0.25) is 9.89 Å². The minimum Gasteiger partial charge on any atom is -0.272 e. The minimum absolute atomic E-state index is 0.334. The van der Waals surface area contributed by atoms with Crippen molar-refractivity contribution in [1.29, 1.82) is 0 Å². The molecule has 7 heteroatoms. The van der Waals surface area contributed by atoms with Crippen molar-refractivity contribution in [2.24, 2.45) is 5.10 Å². The quantitative estimate of drug-likeness (QED) is 0.505. The molecule has 3 aromatic rings. The number of halogens is 2. The molecule has 0 aliphatic rings. The number of carbonyl (C=O) groups is 1. The standard InChI is InChI=1S/C17H12BrClN4O/c18-13-5-3-12(4-6-13)15-9-16(22-21-15)17(24)23-20-10-11-1-7-14(19)8-2-11/h1-10H,(H,21,22)(H,23,24). The molecule has 0 aliphatic heterocycles. The van der Waals surface area contributed by atoms with Gasteiger partial charge in [-0.2, -0.15) is 10.2 Å². The predicted molar refractivity (Wildman–Crippen MR) is 98.2 cm³/mol. The lowest BCUT2D eigenvalue weighted by Gasteiger charge is -1.96. The molecule has 1 heterocycles. The summed E-state index contributed by atoms with van der Waals surface area (Å²) >= 11 is 9.19. The second-order valence-electron chi connectivity index (χ2n) is 4.92. The van der Waals surface area contributed by atoms with Crippen molar-refractivity contribution in [1.82, 2.24) is 15.6 Å². The van der Waals surface area contributed by atoms with Crippen molar-refractivity contribution < 1.29 is 4.79 Å². The Bertz CT molecular complexity index is 872. The van der Waals surface area contributed by atoms with Gasteiger partial charge in [-0.15, -0.1) is 0 Å². The summed E-state index contributed by atoms with van der Waals surface area (Å²) in [7, 11) is 0. The normalized spacial score (nSPS) is 10.9. The van der Waals surface area contributed by atoms with Crippen LogP contribution in [0.3, 0.4) is 0 Å². The summed E-state index contributed by atoms with van der Waals surface area (Å²) < 4.78 is 0.983. The zero-order valence-electron chi connectivity index (χ0n) is 12.3. The number of aromatic nitrogens is 2. The Balaban J connectivity index is 1.65. The molecule has 0 saturated carbocycles. The fourth-order valence-electron chi connectivity index (χ4n) is 1.98. The van der Waals surface area contributed by atoms with Crippen LogP contribution in [-0.4, -0.2) is 22.3 Å². The molecule has 0 aliphatic carbocycles. The monoisotopic (exact) mass is 402 g/mol. The van der Waals surface area contributed by atoms with E-state index in [1.54, 1.807) is 36.5 Å². The molecule has 3 rings (SSSR count). The smallest absolute Gasteiger partial charge is 0.272 e. The molecule has 0 bridgehead atoms. The van der Waals surface area contributed by atoms with E-state index in [0.29, 0.717) is 16.4 Å². The highest BCUT2D eigenvalue weighted by atomic mass is 79.9. The van der Waals surface area contributed by atoms with E-state index < -0.39 is 0 Å². The van der Waals surface area contributed by atoms with E-state index in [0.717, 1.165) is 15.6 Å². The lowest BCUT2D eigenvalue weighted by atomic mass is 10.1. The first-order valence-electron chi connectivity index (χ1n) is 7.02. The molecule has 2 N–H and O–H groups in total. The molecule has 0 unspecified atom stereocenters. The molecule has 0 spiro atoms. The van der Waals surface area contributed by atoms with Crippen LogP contribution >= 0.6 is 27.5 Å². The second kappa shape index (κ2) is 7.42. The number of hydrogen-bond donors (Lipinski definition) is 2. The van der Waals surface area contributed by atoms with Crippen LogP contribution in [0, 0.1) is 0 Å². The number of H-pyrrole nitrogens is 1. The van der Waals surface area contributed by atoms with Crippen molar-refractivity contribution in [3.63, 3.8) is 0 Å². The van der Waals surface area contributed by atoms with Gasteiger partial charge >= 0.3 is 0 Å². The summed E-state index contributed by atoms with van der Waals surface area (Å²) in [4.78, 5) is 12.1. The lowest BCUT2D eigenvalue weighted by Crippen LogP contribution is -2.17. The zero-order valence-corrected chi connectivity index (χ0v) is 14.7. The van der Waals surface area contributed by atoms with Gasteiger partial charge in [0.1, 0.15) is 5.69 Å². The van der Waals surface area contributed by atoms with Crippen LogP contribution in [0.2, 0.25) is 5.02 Å². The number of carbonyl (C=O) groups excluding carboxylic acids is 1. The fraction of sp³-hybridized carbons (Fsp3) is 0. The van der Waals surface area contributed by atoms with E-state index in [-0.39, 0.29) is 5.91 Å². The number of hydrogen-bond acceptors (Lipinski definition) is 3. The second-order valence-corrected chi connectivity index (χ2v) is 6.28. The molecule has 2 aromatic carbocycles. The Morgan fingerprint density at radius 1 is 1.17 bits per heavy atom. The first-order valence-corrected chi connectivity index (χ1v) is 8.19. The van der Waals surface area contributed by atoms with Crippen LogP contribution < -0.4 is 5.43 Å². The summed E-state index contributed by atoms with van der Waals surface area (Å²) in [6.07, 6.45) is 1.54. The first kappa shape index (κ1) is 16.4. The van der Waals surface area contributed by atoms with E-state index in [4.69, 9.17) is 11.6 Å². The number of nitrogens with one attached hydrogen (secondary N) is 2. The Labute approximate surface area is 151 Å². The maximum absolute atomic E-state index is 12.1. The summed E-state index contributed by atoms with van der Waals surface area (Å²) in [5.41, 5.74) is 5.23. The van der Waals surface area contributed by atoms with Crippen LogP contribution in [0.5, 0.6) is 0 Å². The van der Waals surface area contributed by atoms with Crippen molar-refractivity contribution in [2.75, 3.05) is 0 Å². The average Bonchev–Trinajstić information content (AvgIpc) is 3.07. The van der Waals surface area contributed by atoms with E-state index in [2.05, 4.69) is 36.7 Å². The lowest BCUT2D eigenvalue weighted by molar-refractivity contribution is 0.0950. The Morgan fingerprint density at radius 3 is 2.58 bits per heavy atom. The zero-order chi connectivity index (χ0) is 16.9. The van der Waals surface area contributed by atoms with Crippen LogP contribution in [0.1, 0.15) is 16.1 Å². The molecule has 1 amide bonds. The van der Waals surface area contributed by atoms with Crippen molar-refractivity contribution in [3.05, 3.63) is 75.4 Å². The average molecular weight is 404 g/mol. The number of rotatable bonds is 4. The van der Waals surface area contributed by atoms with Crippen molar-refractivity contribution in [3.8, 4) is 11.3 Å². The maximum Gasteiger partial charge on any atom is 0.289 e. The third kappa shape index (κ3) is 4.10. The molecular formula is C17H12BrClN4O. The molecular weight excluding hydrogens is 392 g/mol. The van der Waals surface area contributed by atoms with Gasteiger partial charge in [-0.05, 0) is 35.9 Å². The highest BCUT2D eigenvalue weighted by Gasteiger charge is 2.10. The van der Waals surface area contributed by atoms with Gasteiger partial charge in [-0.1, -0.05) is 51.8 Å². The SMILES string of the molecule is O=C(NN=Cc1ccc(Cl)cc1)c1cc(-c2ccc(Br)cc2)n[nH]1. The largest absolute Gasteiger partial charge is 0.289 e. The molecule has 0 radical (unpaired) electrons. The van der Waals surface area contributed by atoms with Crippen LogP contribution in [-0.2, 0) is 0 Å². The summed E-state index contributed by atoms with van der Waals surface area (Å²) in [5.74, 6) is -0.365. The molecule has 5 nitrogen and oxygen atoms in total. The number of aromatic amines is 1. The molecule has 0 fully saturated rings. The van der Waals surface area contributed by atoms with Gasteiger partial charge in [0.2, 0.25) is 0 Å². The number of hydrazone groups is 1. The summed E-state index contributed by atoms with van der Waals surface area (Å²) in [5, 5.41) is 11.4. The Kier molecular flexibility index (Phi) is 5.08. The number of nitrogens with zero attached hydrogens (tertiary/aromatic N) is 2. The minimum atomic E-state index is -0.365. The summed E-state index contributed by atoms with van der Waals surface area (Å²) in [6, 6.07) is 16.5. The van der Waals surface area contributed by atoms with Gasteiger partial charge in [-0.25, -0.2) is 5.43 Å². The van der Waals surface area contributed by atoms with Crippen LogP contribution in [0.4, 0.5) is 0 Å². The first-order chi connectivity index (χ1) is 11.6. The third-order valence-electron chi connectivity index (χ3n) is 3.21. The van der Waals surface area contributed by atoms with E-state index >= 15 is 0 Å². The molecule has 24 heavy (non-hydrogen) atoms. The summed E-state index contributed by atoms with van der Waals surface area (Å²) in [6.45, 7) is 0. The predicted octanol–water partition coefficient (Wildman–Crippen LogP) is 4.26. The van der Waals surface area contributed by atoms with Gasteiger partial charge < -0.3 is 0 Å². The van der Waals surface area contributed by atoms with Gasteiger partial charge in [0.25, 0.3) is 5.91 Å². The van der Waals surface area contributed by atoms with Crippen molar-refractivity contribution >= 4 is 39.7 Å². The van der Waals surface area contributed by atoms with Crippen LogP contribution in [0.15, 0.2) is 64.2 Å². The molecule has 1 aromatic heterocycles. The number of amides is 1.